The Morgan fingerprint density at radius 2 is 1.72 bits per heavy atom. The number of nitrogens with zero attached hydrogens (tertiary/aromatic N) is 8. The Morgan fingerprint density at radius 1 is 0.966 bits per heavy atom. The first-order valence-corrected chi connectivity index (χ1v) is 9.53. The fraction of sp³-hybridized carbons (Fsp3) is 0.350. The normalized spacial score (nSPS) is 14.6. The van der Waals surface area contributed by atoms with Crippen molar-refractivity contribution in [1.82, 2.24) is 34.3 Å². The van der Waals surface area contributed by atoms with Crippen molar-refractivity contribution >= 4 is 16.9 Å². The molecule has 0 unspecified atom stereocenters. The molecule has 4 heterocycles. The van der Waals surface area contributed by atoms with Crippen LogP contribution >= 0.6 is 0 Å². The molecule has 0 atom stereocenters. The second-order valence-electron chi connectivity index (χ2n) is 7.49. The van der Waals surface area contributed by atoms with Crippen molar-refractivity contribution in [2.45, 2.75) is 26.7 Å². The number of aryl methyl sites for hydroxylation is 4. The van der Waals surface area contributed by atoms with Crippen molar-refractivity contribution in [1.29, 1.82) is 0 Å². The van der Waals surface area contributed by atoms with E-state index in [9.17, 15) is 4.39 Å². The zero-order chi connectivity index (χ0) is 20.3. The fourth-order valence-corrected chi connectivity index (χ4v) is 3.94. The second kappa shape index (κ2) is 6.33. The fourth-order valence-electron chi connectivity index (χ4n) is 3.94. The van der Waals surface area contributed by atoms with Gasteiger partial charge in [0, 0.05) is 26.2 Å². The third-order valence-electron chi connectivity index (χ3n) is 5.37. The maximum absolute atomic E-state index is 14.1. The molecule has 9 heteroatoms. The maximum Gasteiger partial charge on any atom is 0.161 e. The molecule has 0 N–H and O–H groups in total. The number of halogens is 1. The third-order valence-corrected chi connectivity index (χ3v) is 5.37. The minimum absolute atomic E-state index is 0.223. The average molecular weight is 392 g/mol. The van der Waals surface area contributed by atoms with Gasteiger partial charge in [-0.2, -0.15) is 4.68 Å². The van der Waals surface area contributed by atoms with E-state index in [1.54, 1.807) is 10.7 Å². The lowest BCUT2D eigenvalue weighted by molar-refractivity contribution is 0.485. The van der Waals surface area contributed by atoms with Crippen molar-refractivity contribution in [2.75, 3.05) is 18.0 Å². The van der Waals surface area contributed by atoms with Gasteiger partial charge < -0.3 is 9.47 Å². The molecule has 0 bridgehead atoms. The molecule has 0 saturated carbocycles. The standard InChI is InChI=1S/C20H21FN8/c1-11-23-17(8-18(24-11)29-13(3)22-12(2)26-29)28-9-14(10-28)20-25-19-15(21)6-5-7-16(19)27(20)4/h5-8,14H,9-10H2,1-4H3. The van der Waals surface area contributed by atoms with Crippen LogP contribution in [0.25, 0.3) is 16.9 Å². The molecular formula is C20H21FN8. The predicted octanol–water partition coefficient (Wildman–Crippen LogP) is 2.61. The number of rotatable bonds is 3. The molecule has 1 aliphatic rings. The molecule has 5 rings (SSSR count). The number of para-hydroxylation sites is 1. The van der Waals surface area contributed by atoms with E-state index in [1.807, 2.05) is 44.5 Å². The maximum atomic E-state index is 14.1. The van der Waals surface area contributed by atoms with Crippen molar-refractivity contribution in [2.24, 2.45) is 7.05 Å². The van der Waals surface area contributed by atoms with Crippen LogP contribution in [0.2, 0.25) is 0 Å². The van der Waals surface area contributed by atoms with Gasteiger partial charge in [0.15, 0.2) is 11.6 Å². The van der Waals surface area contributed by atoms with Crippen LogP contribution in [-0.2, 0) is 7.05 Å². The van der Waals surface area contributed by atoms with E-state index < -0.39 is 0 Å². The summed E-state index contributed by atoms with van der Waals surface area (Å²) in [4.78, 5) is 20.2. The second-order valence-corrected chi connectivity index (χ2v) is 7.49. The Morgan fingerprint density at radius 3 is 2.41 bits per heavy atom. The van der Waals surface area contributed by atoms with Crippen molar-refractivity contribution in [3.05, 3.63) is 53.4 Å². The van der Waals surface area contributed by atoms with Crippen LogP contribution in [0, 0.1) is 26.6 Å². The summed E-state index contributed by atoms with van der Waals surface area (Å²) >= 11 is 0. The highest BCUT2D eigenvalue weighted by molar-refractivity contribution is 5.76. The molecule has 1 saturated heterocycles. The lowest BCUT2D eigenvalue weighted by Crippen LogP contribution is -2.46. The Bertz CT molecular complexity index is 1230. The molecule has 1 aromatic carbocycles. The van der Waals surface area contributed by atoms with Crippen LogP contribution in [0.1, 0.15) is 29.2 Å². The van der Waals surface area contributed by atoms with E-state index in [1.165, 1.54) is 6.07 Å². The predicted molar refractivity (Wildman–Crippen MR) is 107 cm³/mol. The molecule has 0 radical (unpaired) electrons. The van der Waals surface area contributed by atoms with Gasteiger partial charge in [-0.15, -0.1) is 5.10 Å². The highest BCUT2D eigenvalue weighted by atomic mass is 19.1. The number of anilines is 1. The minimum Gasteiger partial charge on any atom is -0.355 e. The lowest BCUT2D eigenvalue weighted by atomic mass is 9.99. The number of benzene rings is 1. The molecule has 4 aromatic rings. The molecule has 1 fully saturated rings. The molecule has 0 amide bonds. The number of aromatic nitrogens is 7. The minimum atomic E-state index is -0.282. The zero-order valence-electron chi connectivity index (χ0n) is 16.8. The third kappa shape index (κ3) is 2.84. The van der Waals surface area contributed by atoms with Gasteiger partial charge in [0.25, 0.3) is 0 Å². The van der Waals surface area contributed by atoms with Gasteiger partial charge in [-0.05, 0) is 32.9 Å². The molecular weight excluding hydrogens is 371 g/mol. The van der Waals surface area contributed by atoms with Gasteiger partial charge in [-0.3, -0.25) is 0 Å². The summed E-state index contributed by atoms with van der Waals surface area (Å²) in [5.74, 6) is 4.57. The van der Waals surface area contributed by atoms with Gasteiger partial charge >= 0.3 is 0 Å². The van der Waals surface area contributed by atoms with E-state index >= 15 is 0 Å². The van der Waals surface area contributed by atoms with Crippen LogP contribution in [0.5, 0.6) is 0 Å². The summed E-state index contributed by atoms with van der Waals surface area (Å²) in [7, 11) is 1.94. The van der Waals surface area contributed by atoms with Crippen LogP contribution in [0.3, 0.4) is 0 Å². The summed E-state index contributed by atoms with van der Waals surface area (Å²) in [6.07, 6.45) is 0. The molecule has 1 aliphatic heterocycles. The largest absolute Gasteiger partial charge is 0.355 e. The molecule has 8 nitrogen and oxygen atoms in total. The first kappa shape index (κ1) is 17.7. The summed E-state index contributed by atoms with van der Waals surface area (Å²) in [6, 6.07) is 6.99. The summed E-state index contributed by atoms with van der Waals surface area (Å²) in [6.45, 7) is 7.17. The Balaban J connectivity index is 1.42. The van der Waals surface area contributed by atoms with E-state index in [2.05, 4.69) is 29.9 Å². The number of imidazole rings is 1. The van der Waals surface area contributed by atoms with E-state index in [4.69, 9.17) is 0 Å². The number of fused-ring (bicyclic) bond motifs is 1. The summed E-state index contributed by atoms with van der Waals surface area (Å²) in [5, 5.41) is 4.42. The quantitative estimate of drug-likeness (QED) is 0.533. The van der Waals surface area contributed by atoms with Gasteiger partial charge in [0.2, 0.25) is 0 Å². The monoisotopic (exact) mass is 392 g/mol. The average Bonchev–Trinajstić information content (AvgIpc) is 3.14. The SMILES string of the molecule is Cc1nc(N2CC(c3nc4c(F)cccc4n3C)C2)cc(-n2nc(C)nc2C)n1. The number of hydrogen-bond donors (Lipinski definition) is 0. The first-order valence-electron chi connectivity index (χ1n) is 9.53. The Labute approximate surface area is 167 Å². The molecule has 0 aliphatic carbocycles. The molecule has 148 valence electrons. The molecule has 0 spiro atoms. The Hall–Kier alpha value is -3.36. The van der Waals surface area contributed by atoms with E-state index in [0.717, 1.165) is 36.1 Å². The highest BCUT2D eigenvalue weighted by Crippen LogP contribution is 2.32. The zero-order valence-corrected chi connectivity index (χ0v) is 16.8. The van der Waals surface area contributed by atoms with Crippen LogP contribution in [0.4, 0.5) is 10.2 Å². The van der Waals surface area contributed by atoms with Gasteiger partial charge in [0.1, 0.15) is 34.6 Å². The molecule has 3 aromatic heterocycles. The van der Waals surface area contributed by atoms with Crippen molar-refractivity contribution in [3.8, 4) is 5.82 Å². The van der Waals surface area contributed by atoms with Crippen LogP contribution in [-0.4, -0.2) is 47.4 Å². The van der Waals surface area contributed by atoms with E-state index in [0.29, 0.717) is 23.0 Å². The lowest BCUT2D eigenvalue weighted by Gasteiger charge is -2.39. The number of hydrogen-bond acceptors (Lipinski definition) is 6. The summed E-state index contributed by atoms with van der Waals surface area (Å²) in [5.41, 5.74) is 1.25. The highest BCUT2D eigenvalue weighted by Gasteiger charge is 2.33. The molecule has 29 heavy (non-hydrogen) atoms. The van der Waals surface area contributed by atoms with Gasteiger partial charge in [-0.1, -0.05) is 6.07 Å². The van der Waals surface area contributed by atoms with Gasteiger partial charge in [0.05, 0.1) is 11.4 Å². The smallest absolute Gasteiger partial charge is 0.161 e. The van der Waals surface area contributed by atoms with Crippen LogP contribution < -0.4 is 4.90 Å². The van der Waals surface area contributed by atoms with Crippen LogP contribution in [0.15, 0.2) is 24.3 Å². The van der Waals surface area contributed by atoms with E-state index in [-0.39, 0.29) is 11.7 Å². The first-order chi connectivity index (χ1) is 13.9. The van der Waals surface area contributed by atoms with Crippen molar-refractivity contribution < 1.29 is 4.39 Å². The van der Waals surface area contributed by atoms with Crippen molar-refractivity contribution in [3.63, 3.8) is 0 Å². The summed E-state index contributed by atoms with van der Waals surface area (Å²) < 4.78 is 17.8. The Kier molecular flexibility index (Phi) is 3.87. The topological polar surface area (TPSA) is 77.5 Å². The van der Waals surface area contributed by atoms with Gasteiger partial charge in [-0.25, -0.2) is 24.3 Å².